The predicted octanol–water partition coefficient (Wildman–Crippen LogP) is 5.15. The molecule has 2 atom stereocenters. The van der Waals surface area contributed by atoms with Crippen LogP contribution in [0.1, 0.15) is 51.7 Å². The van der Waals surface area contributed by atoms with Gasteiger partial charge in [0.15, 0.2) is 0 Å². The van der Waals surface area contributed by atoms with Gasteiger partial charge in [-0.2, -0.15) is 0 Å². The Morgan fingerprint density at radius 3 is 1.38 bits per heavy atom. The van der Waals surface area contributed by atoms with Crippen molar-refractivity contribution >= 4 is 0 Å². The van der Waals surface area contributed by atoms with Crippen molar-refractivity contribution in [3.63, 3.8) is 0 Å². The predicted molar refractivity (Wildman–Crippen MR) is 106 cm³/mol. The Hall–Kier alpha value is -1.64. The van der Waals surface area contributed by atoms with Crippen molar-refractivity contribution < 1.29 is 0 Å². The molecule has 0 radical (unpaired) electrons. The normalized spacial score (nSPS) is 12.8. The second-order valence-electron chi connectivity index (χ2n) is 6.36. The van der Waals surface area contributed by atoms with Gasteiger partial charge in [0, 0.05) is 25.2 Å². The molecular formula is C22H34N2. The summed E-state index contributed by atoms with van der Waals surface area (Å²) < 4.78 is 0. The largest absolute Gasteiger partial charge is 0.312 e. The summed E-state index contributed by atoms with van der Waals surface area (Å²) in [6.07, 6.45) is 2.45. The third-order valence-corrected chi connectivity index (χ3v) is 4.14. The van der Waals surface area contributed by atoms with Crippen LogP contribution in [0.3, 0.4) is 0 Å². The molecule has 24 heavy (non-hydrogen) atoms. The van der Waals surface area contributed by atoms with Crippen LogP contribution in [0, 0.1) is 0 Å². The average Bonchev–Trinajstić information content (AvgIpc) is 2.64. The molecule has 2 aromatic carbocycles. The van der Waals surface area contributed by atoms with Gasteiger partial charge < -0.3 is 10.6 Å². The van der Waals surface area contributed by atoms with E-state index in [2.05, 4.69) is 86.9 Å². The molecule has 0 bridgehead atoms. The standard InChI is InChI=1S/C14H15N.C8H19N/c1-3-7-13(8-4-1)11-15-12-14-9-5-2-6-10-14;1-5-7(3)9-8(4)6-2/h1-10,15H,11-12H2;7-9H,5-6H2,1-4H3. The van der Waals surface area contributed by atoms with Crippen LogP contribution in [-0.4, -0.2) is 12.1 Å². The van der Waals surface area contributed by atoms with Crippen molar-refractivity contribution in [2.75, 3.05) is 0 Å². The summed E-state index contributed by atoms with van der Waals surface area (Å²) in [6, 6.07) is 22.3. The number of hydrogen-bond acceptors (Lipinski definition) is 2. The lowest BCUT2D eigenvalue weighted by molar-refractivity contribution is 0.449. The first-order valence-corrected chi connectivity index (χ1v) is 9.20. The highest BCUT2D eigenvalue weighted by Crippen LogP contribution is 2.00. The Kier molecular flexibility index (Phi) is 10.8. The van der Waals surface area contributed by atoms with Gasteiger partial charge in [0.25, 0.3) is 0 Å². The molecule has 0 aromatic heterocycles. The summed E-state index contributed by atoms with van der Waals surface area (Å²) in [5, 5.41) is 6.90. The zero-order valence-corrected chi connectivity index (χ0v) is 15.8. The van der Waals surface area contributed by atoms with Crippen LogP contribution in [0.25, 0.3) is 0 Å². The van der Waals surface area contributed by atoms with Crippen LogP contribution in [0.5, 0.6) is 0 Å². The first-order valence-electron chi connectivity index (χ1n) is 9.20. The zero-order valence-electron chi connectivity index (χ0n) is 15.8. The van der Waals surface area contributed by atoms with Crippen molar-refractivity contribution in [2.24, 2.45) is 0 Å². The summed E-state index contributed by atoms with van der Waals surface area (Å²) in [4.78, 5) is 0. The molecule has 2 unspecified atom stereocenters. The van der Waals surface area contributed by atoms with E-state index in [-0.39, 0.29) is 0 Å². The minimum atomic E-state index is 0.681. The topological polar surface area (TPSA) is 24.1 Å². The summed E-state index contributed by atoms with van der Waals surface area (Å²) in [5.41, 5.74) is 2.65. The van der Waals surface area contributed by atoms with Gasteiger partial charge in [-0.1, -0.05) is 74.5 Å². The Morgan fingerprint density at radius 1 is 0.667 bits per heavy atom. The zero-order chi connectivity index (χ0) is 17.6. The first-order chi connectivity index (χ1) is 11.7. The van der Waals surface area contributed by atoms with E-state index < -0.39 is 0 Å². The van der Waals surface area contributed by atoms with E-state index in [0.717, 1.165) is 13.1 Å². The molecule has 2 nitrogen and oxygen atoms in total. The maximum atomic E-state index is 3.48. The fraction of sp³-hybridized carbons (Fsp3) is 0.455. The van der Waals surface area contributed by atoms with E-state index in [9.17, 15) is 0 Å². The minimum absolute atomic E-state index is 0.681. The van der Waals surface area contributed by atoms with Crippen molar-refractivity contribution in [3.8, 4) is 0 Å². The van der Waals surface area contributed by atoms with Crippen molar-refractivity contribution in [3.05, 3.63) is 71.8 Å². The average molecular weight is 327 g/mol. The molecular weight excluding hydrogens is 292 g/mol. The fourth-order valence-electron chi connectivity index (χ4n) is 2.26. The van der Waals surface area contributed by atoms with Gasteiger partial charge >= 0.3 is 0 Å². The molecule has 2 aromatic rings. The van der Waals surface area contributed by atoms with Gasteiger partial charge in [-0.05, 0) is 37.8 Å². The summed E-state index contributed by atoms with van der Waals surface area (Å²) in [5.74, 6) is 0. The Labute approximate surface area is 148 Å². The van der Waals surface area contributed by atoms with Crippen molar-refractivity contribution in [2.45, 2.75) is 65.7 Å². The molecule has 2 N–H and O–H groups in total. The SMILES string of the molecule is CCC(C)NC(C)CC.c1ccc(CNCc2ccccc2)cc1. The van der Waals surface area contributed by atoms with Gasteiger partial charge in [0.1, 0.15) is 0 Å². The number of benzene rings is 2. The highest BCUT2D eigenvalue weighted by Gasteiger charge is 2.01. The molecule has 0 aliphatic heterocycles. The van der Waals surface area contributed by atoms with Crippen LogP contribution in [0.15, 0.2) is 60.7 Å². The van der Waals surface area contributed by atoms with Crippen LogP contribution in [-0.2, 0) is 13.1 Å². The van der Waals surface area contributed by atoms with Gasteiger partial charge in [-0.15, -0.1) is 0 Å². The number of rotatable bonds is 8. The molecule has 0 saturated heterocycles. The van der Waals surface area contributed by atoms with Crippen molar-refractivity contribution in [1.82, 2.24) is 10.6 Å². The van der Waals surface area contributed by atoms with E-state index in [1.54, 1.807) is 0 Å². The highest BCUT2D eigenvalue weighted by atomic mass is 14.9. The van der Waals surface area contributed by atoms with E-state index in [4.69, 9.17) is 0 Å². The Bertz CT molecular complexity index is 463. The molecule has 2 heteroatoms. The highest BCUT2D eigenvalue weighted by molar-refractivity contribution is 5.16. The lowest BCUT2D eigenvalue weighted by Crippen LogP contribution is -2.33. The monoisotopic (exact) mass is 326 g/mol. The molecule has 0 saturated carbocycles. The van der Waals surface area contributed by atoms with Crippen LogP contribution in [0.4, 0.5) is 0 Å². The van der Waals surface area contributed by atoms with Gasteiger partial charge in [0.05, 0.1) is 0 Å². The molecule has 132 valence electrons. The lowest BCUT2D eigenvalue weighted by Gasteiger charge is -2.16. The lowest BCUT2D eigenvalue weighted by atomic mass is 10.2. The molecule has 0 spiro atoms. The molecule has 0 amide bonds. The molecule has 0 aliphatic rings. The van der Waals surface area contributed by atoms with Crippen LogP contribution in [0.2, 0.25) is 0 Å². The number of hydrogen-bond donors (Lipinski definition) is 2. The smallest absolute Gasteiger partial charge is 0.0208 e. The van der Waals surface area contributed by atoms with E-state index in [1.165, 1.54) is 24.0 Å². The van der Waals surface area contributed by atoms with Crippen molar-refractivity contribution in [1.29, 1.82) is 0 Å². The van der Waals surface area contributed by atoms with Crippen LogP contribution < -0.4 is 10.6 Å². The molecule has 0 heterocycles. The maximum Gasteiger partial charge on any atom is 0.0208 e. The molecule has 0 aliphatic carbocycles. The summed E-state index contributed by atoms with van der Waals surface area (Å²) >= 11 is 0. The van der Waals surface area contributed by atoms with E-state index in [1.807, 2.05) is 12.1 Å². The second kappa shape index (κ2) is 12.7. The minimum Gasteiger partial charge on any atom is -0.312 e. The maximum absolute atomic E-state index is 3.48. The quantitative estimate of drug-likeness (QED) is 0.701. The molecule has 2 rings (SSSR count). The summed E-state index contributed by atoms with van der Waals surface area (Å²) in [7, 11) is 0. The number of nitrogens with one attached hydrogen (secondary N) is 2. The Morgan fingerprint density at radius 2 is 1.04 bits per heavy atom. The third kappa shape index (κ3) is 9.49. The van der Waals surface area contributed by atoms with Gasteiger partial charge in [-0.3, -0.25) is 0 Å². The van der Waals surface area contributed by atoms with E-state index >= 15 is 0 Å². The van der Waals surface area contributed by atoms with E-state index in [0.29, 0.717) is 12.1 Å². The van der Waals surface area contributed by atoms with Crippen LogP contribution >= 0.6 is 0 Å². The Balaban J connectivity index is 0.000000277. The second-order valence-corrected chi connectivity index (χ2v) is 6.36. The first kappa shape index (κ1) is 20.4. The summed E-state index contributed by atoms with van der Waals surface area (Å²) in [6.45, 7) is 10.7. The third-order valence-electron chi connectivity index (χ3n) is 4.14. The van der Waals surface area contributed by atoms with Gasteiger partial charge in [0.2, 0.25) is 0 Å². The van der Waals surface area contributed by atoms with Gasteiger partial charge in [-0.25, -0.2) is 0 Å². The fourth-order valence-corrected chi connectivity index (χ4v) is 2.26. The molecule has 0 fully saturated rings.